The third kappa shape index (κ3) is 1.78. The van der Waals surface area contributed by atoms with E-state index in [4.69, 9.17) is 4.98 Å². The molecule has 2 aromatic carbocycles. The van der Waals surface area contributed by atoms with Crippen LogP contribution >= 0.6 is 0 Å². The highest BCUT2D eigenvalue weighted by Gasteiger charge is 2.13. The van der Waals surface area contributed by atoms with E-state index in [1.54, 1.807) is 12.4 Å². The van der Waals surface area contributed by atoms with E-state index in [-0.39, 0.29) is 0 Å². The lowest BCUT2D eigenvalue weighted by Gasteiger charge is -2.06. The predicted molar refractivity (Wildman–Crippen MR) is 87.7 cm³/mol. The molecule has 0 amide bonds. The van der Waals surface area contributed by atoms with Gasteiger partial charge in [0.25, 0.3) is 0 Å². The second-order valence-electron chi connectivity index (χ2n) is 5.33. The summed E-state index contributed by atoms with van der Waals surface area (Å²) in [5.74, 6) is 0. The van der Waals surface area contributed by atoms with Crippen molar-refractivity contribution in [2.75, 3.05) is 0 Å². The minimum atomic E-state index is 0.780. The predicted octanol–water partition coefficient (Wildman–Crippen LogP) is 3.12. The molecule has 6 nitrogen and oxygen atoms in total. The van der Waals surface area contributed by atoms with Crippen molar-refractivity contribution in [2.24, 2.45) is 0 Å². The minimum Gasteiger partial charge on any atom is -0.248 e. The average Bonchev–Trinajstić information content (AvgIpc) is 3.11. The summed E-state index contributed by atoms with van der Waals surface area (Å²) in [6, 6.07) is 14.2. The largest absolute Gasteiger partial charge is 0.248 e. The van der Waals surface area contributed by atoms with Gasteiger partial charge in [-0.05, 0) is 18.2 Å². The van der Waals surface area contributed by atoms with Crippen LogP contribution < -0.4 is 0 Å². The zero-order chi connectivity index (χ0) is 15.2. The number of benzene rings is 2. The van der Waals surface area contributed by atoms with Crippen LogP contribution in [0, 0.1) is 0 Å². The summed E-state index contributed by atoms with van der Waals surface area (Å²) >= 11 is 0. The van der Waals surface area contributed by atoms with Crippen LogP contribution in [0.4, 0.5) is 0 Å². The lowest BCUT2D eigenvalue weighted by molar-refractivity contribution is 0.960. The number of aromatic nitrogens is 6. The zero-order valence-corrected chi connectivity index (χ0v) is 11.9. The number of aromatic amines is 1. The molecule has 0 atom stereocenters. The topological polar surface area (TPSA) is 80.2 Å². The lowest BCUT2D eigenvalue weighted by atomic mass is 10.0. The molecule has 0 radical (unpaired) electrons. The Bertz CT molecular complexity index is 1180. The Kier molecular flexibility index (Phi) is 2.40. The van der Waals surface area contributed by atoms with Gasteiger partial charge in [0.1, 0.15) is 11.0 Å². The molecule has 23 heavy (non-hydrogen) atoms. The number of H-pyrrole nitrogens is 1. The van der Waals surface area contributed by atoms with Gasteiger partial charge in [0.2, 0.25) is 0 Å². The van der Waals surface area contributed by atoms with Gasteiger partial charge in [-0.2, -0.15) is 25.6 Å². The van der Waals surface area contributed by atoms with Crippen LogP contribution in [0.25, 0.3) is 44.0 Å². The first-order chi connectivity index (χ1) is 11.4. The molecule has 1 N–H and O–H groups in total. The van der Waals surface area contributed by atoms with Crippen molar-refractivity contribution in [1.29, 1.82) is 0 Å². The van der Waals surface area contributed by atoms with Gasteiger partial charge < -0.3 is 0 Å². The molecule has 0 saturated carbocycles. The minimum absolute atomic E-state index is 0.780. The average molecular weight is 298 g/mol. The van der Waals surface area contributed by atoms with Gasteiger partial charge >= 0.3 is 0 Å². The van der Waals surface area contributed by atoms with Gasteiger partial charge in [-0.3, -0.25) is 0 Å². The molecule has 0 aliphatic heterocycles. The summed E-state index contributed by atoms with van der Waals surface area (Å²) in [7, 11) is 0. The quantitative estimate of drug-likeness (QED) is 0.514. The molecule has 0 unspecified atom stereocenters. The smallest absolute Gasteiger partial charge is 0.123 e. The second-order valence-corrected chi connectivity index (χ2v) is 5.33. The van der Waals surface area contributed by atoms with E-state index >= 15 is 0 Å². The molecule has 0 spiro atoms. The highest BCUT2D eigenvalue weighted by molar-refractivity contribution is 6.09. The molecule has 3 heterocycles. The Morgan fingerprint density at radius 3 is 2.65 bits per heavy atom. The highest BCUT2D eigenvalue weighted by atomic mass is 15.3. The van der Waals surface area contributed by atoms with Crippen molar-refractivity contribution in [3.05, 3.63) is 54.9 Å². The maximum Gasteiger partial charge on any atom is 0.123 e. The number of nitrogens with one attached hydrogen (secondary N) is 1. The Hall–Kier alpha value is -3.41. The lowest BCUT2D eigenvalue weighted by Crippen LogP contribution is -1.89. The number of rotatable bonds is 1. The zero-order valence-electron chi connectivity index (χ0n) is 11.9. The van der Waals surface area contributed by atoms with Crippen LogP contribution in [0.5, 0.6) is 0 Å². The second kappa shape index (κ2) is 4.54. The van der Waals surface area contributed by atoms with Crippen LogP contribution in [0.1, 0.15) is 0 Å². The van der Waals surface area contributed by atoms with E-state index in [1.807, 2.05) is 36.4 Å². The fourth-order valence-corrected chi connectivity index (χ4v) is 2.89. The van der Waals surface area contributed by atoms with Gasteiger partial charge in [0, 0.05) is 21.7 Å². The highest BCUT2D eigenvalue weighted by Crippen LogP contribution is 2.31. The van der Waals surface area contributed by atoms with Crippen LogP contribution in [-0.2, 0) is 0 Å². The summed E-state index contributed by atoms with van der Waals surface area (Å²) in [6.07, 6.45) is 3.44. The van der Waals surface area contributed by atoms with Crippen molar-refractivity contribution < 1.29 is 0 Å². The Balaban J connectivity index is 1.87. The van der Waals surface area contributed by atoms with Crippen molar-refractivity contribution in [2.45, 2.75) is 0 Å². The Morgan fingerprint density at radius 2 is 1.65 bits per heavy atom. The molecule has 6 heteroatoms. The first-order valence-corrected chi connectivity index (χ1v) is 7.20. The number of fused-ring (bicyclic) bond motifs is 4. The number of hydrogen-bond acceptors (Lipinski definition) is 5. The molecule has 5 rings (SSSR count). The van der Waals surface area contributed by atoms with Gasteiger partial charge in [-0.25, -0.2) is 4.98 Å². The van der Waals surface area contributed by atoms with Crippen LogP contribution in [0.2, 0.25) is 0 Å². The van der Waals surface area contributed by atoms with Gasteiger partial charge in [-0.15, -0.1) is 0 Å². The normalized spacial score (nSPS) is 11.5. The van der Waals surface area contributed by atoms with E-state index in [0.717, 1.165) is 44.0 Å². The molecule has 5 aromatic rings. The van der Waals surface area contributed by atoms with E-state index in [2.05, 4.69) is 31.7 Å². The van der Waals surface area contributed by atoms with Crippen LogP contribution in [0.15, 0.2) is 54.9 Å². The molecule has 0 fully saturated rings. The summed E-state index contributed by atoms with van der Waals surface area (Å²) in [5, 5.41) is 22.2. The number of para-hydroxylation sites is 1. The fraction of sp³-hybridized carbons (Fsp3) is 0. The molecular weight excluding hydrogens is 288 g/mol. The van der Waals surface area contributed by atoms with Gasteiger partial charge in [0.05, 0.1) is 23.6 Å². The molecule has 0 aliphatic carbocycles. The van der Waals surface area contributed by atoms with Crippen molar-refractivity contribution in [3.63, 3.8) is 0 Å². The van der Waals surface area contributed by atoms with Gasteiger partial charge in [-0.1, -0.05) is 24.3 Å². The summed E-state index contributed by atoms with van der Waals surface area (Å²) in [5.41, 5.74) is 4.31. The first kappa shape index (κ1) is 12.2. The molecule has 0 aliphatic rings. The monoisotopic (exact) mass is 298 g/mol. The van der Waals surface area contributed by atoms with E-state index in [1.165, 1.54) is 0 Å². The third-order valence-corrected chi connectivity index (χ3v) is 3.99. The van der Waals surface area contributed by atoms with Crippen LogP contribution in [0.3, 0.4) is 0 Å². The maximum atomic E-state index is 4.76. The van der Waals surface area contributed by atoms with Crippen molar-refractivity contribution in [3.8, 4) is 11.3 Å². The third-order valence-electron chi connectivity index (χ3n) is 3.99. The molecule has 3 aromatic heterocycles. The molecule has 0 bridgehead atoms. The van der Waals surface area contributed by atoms with E-state index in [9.17, 15) is 0 Å². The number of nitrogens with zero attached hydrogens (tertiary/aromatic N) is 5. The molecule has 108 valence electrons. The summed E-state index contributed by atoms with van der Waals surface area (Å²) < 4.78 is 0. The van der Waals surface area contributed by atoms with Gasteiger partial charge in [0.15, 0.2) is 0 Å². The fourth-order valence-electron chi connectivity index (χ4n) is 2.89. The molecular formula is C17H10N6. The SMILES string of the molecule is c1ccc2nc(-c3cc4cnncc4c4n[nH]nc34)ccc2c1. The van der Waals surface area contributed by atoms with E-state index in [0.29, 0.717) is 0 Å². The number of hydrogen-bond donors (Lipinski definition) is 1. The van der Waals surface area contributed by atoms with Crippen molar-refractivity contribution in [1.82, 2.24) is 30.6 Å². The summed E-state index contributed by atoms with van der Waals surface area (Å²) in [4.78, 5) is 4.76. The first-order valence-electron chi connectivity index (χ1n) is 7.20. The van der Waals surface area contributed by atoms with Crippen molar-refractivity contribution >= 4 is 32.7 Å². The summed E-state index contributed by atoms with van der Waals surface area (Å²) in [6.45, 7) is 0. The standard InChI is InChI=1S/C17H10N6/c1-2-4-14-10(3-1)5-6-15(20-14)12-7-11-8-18-19-9-13(11)17-16(12)21-23-22-17/h1-9H,(H,21,22,23). The Labute approximate surface area is 130 Å². The van der Waals surface area contributed by atoms with E-state index < -0.39 is 0 Å². The number of pyridine rings is 1. The Morgan fingerprint density at radius 1 is 0.783 bits per heavy atom. The van der Waals surface area contributed by atoms with Crippen LogP contribution in [-0.4, -0.2) is 30.6 Å². The molecule has 0 saturated heterocycles. The maximum absolute atomic E-state index is 4.76.